The maximum atomic E-state index is 16.4. The molecular weight excluding hydrogens is 1050 g/mol. The number of amides is 2. The molecule has 1 fully saturated rings. The van der Waals surface area contributed by atoms with Crippen LogP contribution in [0.15, 0.2) is 147 Å². The van der Waals surface area contributed by atoms with Gasteiger partial charge in [0.25, 0.3) is 10.0 Å². The summed E-state index contributed by atoms with van der Waals surface area (Å²) in [4.78, 5) is 26.6. The lowest BCUT2D eigenvalue weighted by Gasteiger charge is -2.39. The van der Waals surface area contributed by atoms with Crippen LogP contribution in [-0.2, 0) is 65.6 Å². The van der Waals surface area contributed by atoms with Crippen LogP contribution < -0.4 is 25.4 Å². The van der Waals surface area contributed by atoms with E-state index in [1.165, 1.54) is 72.1 Å². The van der Waals surface area contributed by atoms with E-state index in [1.807, 2.05) is 0 Å². The minimum absolute atomic E-state index is 0.00460. The minimum atomic E-state index is -5.18. The number of methoxy groups -OCH3 is 3. The molecular formula is C53H57N9O12S3. The van der Waals surface area contributed by atoms with Crippen LogP contribution in [0, 0.1) is 6.92 Å². The highest BCUT2D eigenvalue weighted by Crippen LogP contribution is 2.43. The third-order valence-corrected chi connectivity index (χ3v) is 17.8. The maximum absolute atomic E-state index is 16.4. The van der Waals surface area contributed by atoms with E-state index in [-0.39, 0.29) is 60.1 Å². The SMILES string of the molecule is COc1ccc(CN(Cc2ccc(OC)cc2)S(=O)(=O)c2c(S(=O)(=O)C3CN(C(=O)OC(C)(C)C)C3)ccc(-c3cccn(CC(N)=O)c3=NS(=O)(=O)c3ccc(C)cc3)c2-c2nnn(Cc3ccc(OC)cc3)n2)cc1. The Balaban J connectivity index is 1.45. The molecule has 2 N–H and O–H groups in total. The standard InChI is InChI=1S/C53H57N9O12S3/c1-35-10-24-42(25-11-35)76(67,68)57-51-45(9-8-28-59(51)34-47(54)63)44-26-27-46(75(65,66)43-32-60(33-43)52(64)74-53(2,3)4)49(48(44)50-55-58-62(56-50)31-38-16-22-41(73-7)23-17-38)77(69,70)61(29-36-12-18-39(71-5)19-13-36)30-37-14-20-40(72-6)21-15-37/h8-28,43H,29-34H2,1-7H3,(H2,54,63). The van der Waals surface area contributed by atoms with Crippen molar-refractivity contribution in [3.63, 3.8) is 0 Å². The van der Waals surface area contributed by atoms with Crippen molar-refractivity contribution in [3.8, 4) is 39.8 Å². The lowest BCUT2D eigenvalue weighted by molar-refractivity contribution is -0.118. The highest BCUT2D eigenvalue weighted by Gasteiger charge is 2.46. The Labute approximate surface area is 446 Å². The zero-order valence-electron chi connectivity index (χ0n) is 43.2. The number of pyridine rings is 1. The molecule has 1 saturated heterocycles. The van der Waals surface area contributed by atoms with Crippen molar-refractivity contribution in [3.05, 3.63) is 155 Å². The first kappa shape index (κ1) is 55.3. The smallest absolute Gasteiger partial charge is 0.410 e. The normalized spacial score (nSPS) is 13.6. The van der Waals surface area contributed by atoms with Gasteiger partial charge in [-0.1, -0.05) is 60.2 Å². The van der Waals surface area contributed by atoms with E-state index in [0.717, 1.165) is 15.9 Å². The van der Waals surface area contributed by atoms with Gasteiger partial charge in [0.1, 0.15) is 39.5 Å². The summed E-state index contributed by atoms with van der Waals surface area (Å²) in [6.45, 7) is 4.84. The number of aryl methyl sites for hydroxylation is 1. The molecule has 3 heterocycles. The number of primary amides is 1. The molecule has 8 rings (SSSR count). The number of sulfone groups is 1. The van der Waals surface area contributed by atoms with Crippen molar-refractivity contribution in [1.29, 1.82) is 0 Å². The summed E-state index contributed by atoms with van der Waals surface area (Å²) in [6.07, 6.45) is 0.608. The number of likely N-dealkylation sites (tertiary alicyclic amines) is 1. The topological polar surface area (TPSA) is 267 Å². The number of benzene rings is 5. The molecule has 0 spiro atoms. The number of nitrogens with zero attached hydrogens (tertiary/aromatic N) is 8. The number of carbonyl (C=O) groups is 2. The Kier molecular flexibility index (Phi) is 16.0. The number of sulfonamides is 2. The van der Waals surface area contributed by atoms with Crippen molar-refractivity contribution >= 4 is 41.9 Å². The number of tetrazole rings is 1. The molecule has 24 heteroatoms. The molecule has 1 aliphatic heterocycles. The molecule has 0 unspecified atom stereocenters. The molecule has 2 aromatic heterocycles. The molecule has 7 aromatic rings. The highest BCUT2D eigenvalue weighted by atomic mass is 32.2. The first-order chi connectivity index (χ1) is 36.5. The lowest BCUT2D eigenvalue weighted by atomic mass is 10.00. The number of ether oxygens (including phenoxy) is 4. The zero-order valence-corrected chi connectivity index (χ0v) is 45.7. The monoisotopic (exact) mass is 1110 g/mol. The Bertz CT molecular complexity index is 3680. The van der Waals surface area contributed by atoms with Gasteiger partial charge in [-0.3, -0.25) is 4.79 Å². The van der Waals surface area contributed by atoms with Gasteiger partial charge in [0.2, 0.25) is 21.8 Å². The van der Waals surface area contributed by atoms with Crippen molar-refractivity contribution < 1.29 is 53.8 Å². The number of nitrogens with two attached hydrogens (primary N) is 1. The predicted molar refractivity (Wildman–Crippen MR) is 283 cm³/mol. The van der Waals surface area contributed by atoms with E-state index in [1.54, 1.807) is 113 Å². The Morgan fingerprint density at radius 2 is 1.27 bits per heavy atom. The summed E-state index contributed by atoms with van der Waals surface area (Å²) in [5.41, 5.74) is 6.24. The summed E-state index contributed by atoms with van der Waals surface area (Å²) >= 11 is 0. The zero-order chi connectivity index (χ0) is 55.5. The molecule has 404 valence electrons. The fraction of sp³-hybridized carbons (Fsp3) is 0.283. The quantitative estimate of drug-likeness (QED) is 0.101. The molecule has 5 aromatic carbocycles. The van der Waals surface area contributed by atoms with Crippen LogP contribution in [0.2, 0.25) is 0 Å². The first-order valence-corrected chi connectivity index (χ1v) is 28.3. The summed E-state index contributed by atoms with van der Waals surface area (Å²) < 4.78 is 121. The van der Waals surface area contributed by atoms with Crippen molar-refractivity contribution in [1.82, 2.24) is 34.0 Å². The van der Waals surface area contributed by atoms with E-state index < -0.39 is 74.6 Å². The summed E-state index contributed by atoms with van der Waals surface area (Å²) in [7, 11) is -10.1. The van der Waals surface area contributed by atoms with Crippen molar-refractivity contribution in [2.24, 2.45) is 10.1 Å². The van der Waals surface area contributed by atoms with E-state index in [2.05, 4.69) is 14.7 Å². The molecule has 0 atom stereocenters. The summed E-state index contributed by atoms with van der Waals surface area (Å²) in [5, 5.41) is 12.1. The molecule has 77 heavy (non-hydrogen) atoms. The predicted octanol–water partition coefficient (Wildman–Crippen LogP) is 5.75. The Morgan fingerprint density at radius 3 is 1.79 bits per heavy atom. The van der Waals surface area contributed by atoms with E-state index in [9.17, 15) is 18.0 Å². The van der Waals surface area contributed by atoms with Crippen molar-refractivity contribution in [2.75, 3.05) is 34.4 Å². The number of carbonyl (C=O) groups excluding carboxylic acids is 2. The van der Waals surface area contributed by atoms with Crippen LogP contribution >= 0.6 is 0 Å². The molecule has 0 bridgehead atoms. The van der Waals surface area contributed by atoms with Gasteiger partial charge in [0.05, 0.1) is 43.2 Å². The van der Waals surface area contributed by atoms with Gasteiger partial charge in [-0.2, -0.15) is 17.5 Å². The summed E-state index contributed by atoms with van der Waals surface area (Å²) in [5.74, 6) is 0.301. The lowest BCUT2D eigenvalue weighted by Crippen LogP contribution is -2.57. The molecule has 21 nitrogen and oxygen atoms in total. The summed E-state index contributed by atoms with van der Waals surface area (Å²) in [6, 6.07) is 31.4. The average molecular weight is 1110 g/mol. The van der Waals surface area contributed by atoms with Crippen LogP contribution in [-0.4, -0.2) is 117 Å². The van der Waals surface area contributed by atoms with Crippen LogP contribution in [0.1, 0.15) is 43.0 Å². The number of aromatic nitrogens is 5. The Morgan fingerprint density at radius 1 is 0.727 bits per heavy atom. The van der Waals surface area contributed by atoms with Crippen LogP contribution in [0.4, 0.5) is 4.79 Å². The third-order valence-electron chi connectivity index (χ3n) is 12.3. The van der Waals surface area contributed by atoms with Crippen LogP contribution in [0.5, 0.6) is 17.2 Å². The van der Waals surface area contributed by atoms with Gasteiger partial charge >= 0.3 is 6.09 Å². The molecule has 0 aliphatic carbocycles. The molecule has 0 radical (unpaired) electrons. The number of hydrogen-bond acceptors (Lipinski definition) is 15. The van der Waals surface area contributed by atoms with Crippen molar-refractivity contribution in [2.45, 2.75) is 79.4 Å². The fourth-order valence-corrected chi connectivity index (χ4v) is 13.4. The van der Waals surface area contributed by atoms with Gasteiger partial charge < -0.3 is 34.1 Å². The van der Waals surface area contributed by atoms with Crippen LogP contribution in [0.3, 0.4) is 0 Å². The largest absolute Gasteiger partial charge is 0.497 e. The van der Waals surface area contributed by atoms with E-state index in [0.29, 0.717) is 33.9 Å². The second kappa shape index (κ2) is 22.3. The average Bonchev–Trinajstić information content (AvgIpc) is 3.90. The minimum Gasteiger partial charge on any atom is -0.497 e. The van der Waals surface area contributed by atoms with Crippen LogP contribution in [0.25, 0.3) is 22.5 Å². The third kappa shape index (κ3) is 12.5. The second-order valence-electron chi connectivity index (χ2n) is 19.0. The first-order valence-electron chi connectivity index (χ1n) is 23.9. The fourth-order valence-electron chi connectivity index (χ4n) is 8.34. The molecule has 1 aliphatic rings. The highest BCUT2D eigenvalue weighted by molar-refractivity contribution is 7.94. The number of hydrogen-bond donors (Lipinski definition) is 1. The van der Waals surface area contributed by atoms with Gasteiger partial charge in [-0.05, 0) is 122 Å². The van der Waals surface area contributed by atoms with Gasteiger partial charge in [0, 0.05) is 37.9 Å². The Hall–Kier alpha value is -7.93. The maximum Gasteiger partial charge on any atom is 0.410 e. The van der Waals surface area contributed by atoms with Gasteiger partial charge in [0.15, 0.2) is 15.3 Å². The number of rotatable bonds is 19. The second-order valence-corrected chi connectivity index (χ2v) is 24.7. The van der Waals surface area contributed by atoms with E-state index >= 15 is 16.8 Å². The molecule has 2 amide bonds. The van der Waals surface area contributed by atoms with Gasteiger partial charge in [-0.25, -0.2) is 21.6 Å². The van der Waals surface area contributed by atoms with Gasteiger partial charge in [-0.15, -0.1) is 14.6 Å². The van der Waals surface area contributed by atoms with E-state index in [4.69, 9.17) is 29.8 Å². The molecule has 0 saturated carbocycles.